The van der Waals surface area contributed by atoms with E-state index in [9.17, 15) is 4.79 Å². The molecule has 4 heteroatoms. The lowest BCUT2D eigenvalue weighted by Crippen LogP contribution is -1.90. The van der Waals surface area contributed by atoms with Gasteiger partial charge in [0.1, 0.15) is 5.75 Å². The highest BCUT2D eigenvalue weighted by Crippen LogP contribution is 2.09. The molecule has 1 aromatic rings. The Morgan fingerprint density at radius 3 is 2.36 bits per heavy atom. The van der Waals surface area contributed by atoms with Crippen LogP contribution in [0.2, 0.25) is 0 Å². The van der Waals surface area contributed by atoms with E-state index in [-0.39, 0.29) is 11.3 Å². The molecule has 1 aromatic carbocycles. The highest BCUT2D eigenvalue weighted by molar-refractivity contribution is 5.94. The summed E-state index contributed by atoms with van der Waals surface area (Å²) in [6.07, 6.45) is 0. The van der Waals surface area contributed by atoms with E-state index < -0.39 is 5.91 Å². The van der Waals surface area contributed by atoms with Crippen molar-refractivity contribution in [2.24, 2.45) is 5.11 Å². The van der Waals surface area contributed by atoms with E-state index in [1.165, 1.54) is 24.3 Å². The van der Waals surface area contributed by atoms with Crippen LogP contribution in [0.15, 0.2) is 29.4 Å². The van der Waals surface area contributed by atoms with Gasteiger partial charge in [-0.1, -0.05) is 0 Å². The van der Waals surface area contributed by atoms with E-state index in [4.69, 9.17) is 10.6 Å². The topological polar surface area (TPSA) is 72.0 Å². The van der Waals surface area contributed by atoms with Gasteiger partial charge in [-0.3, -0.25) is 4.79 Å². The Labute approximate surface area is 63.0 Å². The maximum atomic E-state index is 10.6. The van der Waals surface area contributed by atoms with Crippen molar-refractivity contribution in [1.29, 1.82) is 0 Å². The molecule has 4 nitrogen and oxygen atoms in total. The SMILES string of the molecule is [N-]=NC(=O)c1ccc(O)cc1. The smallest absolute Gasteiger partial charge is 0.256 e. The second kappa shape index (κ2) is 2.92. The number of carbonyl (C=O) groups excluding carboxylic acids is 1. The Hall–Kier alpha value is -1.71. The molecule has 0 unspecified atom stereocenters. The molecular formula is C7H5N2O2-. The zero-order valence-electron chi connectivity index (χ0n) is 5.56. The zero-order valence-corrected chi connectivity index (χ0v) is 5.56. The van der Waals surface area contributed by atoms with Crippen LogP contribution in [0.3, 0.4) is 0 Å². The number of nitrogens with zero attached hydrogens (tertiary/aromatic N) is 2. The third kappa shape index (κ3) is 1.61. The van der Waals surface area contributed by atoms with Gasteiger partial charge in [-0.2, -0.15) is 0 Å². The van der Waals surface area contributed by atoms with Gasteiger partial charge in [-0.15, -0.1) is 0 Å². The normalized spacial score (nSPS) is 9.09. The van der Waals surface area contributed by atoms with E-state index in [0.717, 1.165) is 0 Å². The Kier molecular flexibility index (Phi) is 1.96. The van der Waals surface area contributed by atoms with Crippen molar-refractivity contribution in [3.05, 3.63) is 35.4 Å². The first-order chi connectivity index (χ1) is 5.24. The second-order valence-electron chi connectivity index (χ2n) is 1.95. The molecule has 0 aromatic heterocycles. The average molecular weight is 149 g/mol. The molecule has 0 saturated heterocycles. The van der Waals surface area contributed by atoms with E-state index >= 15 is 0 Å². The lowest BCUT2D eigenvalue weighted by atomic mass is 10.2. The van der Waals surface area contributed by atoms with Gasteiger partial charge in [0.15, 0.2) is 0 Å². The molecule has 1 rings (SSSR count). The maximum absolute atomic E-state index is 10.6. The predicted octanol–water partition coefficient (Wildman–Crippen LogP) is 1.55. The summed E-state index contributed by atoms with van der Waals surface area (Å²) in [6, 6.07) is 5.44. The zero-order chi connectivity index (χ0) is 8.27. The second-order valence-corrected chi connectivity index (χ2v) is 1.95. The number of rotatable bonds is 1. The molecule has 1 N–H and O–H groups in total. The summed E-state index contributed by atoms with van der Waals surface area (Å²) in [4.78, 5) is 10.6. The number of phenols is 1. The van der Waals surface area contributed by atoms with Crippen molar-refractivity contribution in [3.8, 4) is 5.75 Å². The number of amides is 1. The van der Waals surface area contributed by atoms with Gasteiger partial charge in [-0.25, -0.2) is 0 Å². The largest absolute Gasteiger partial charge is 0.704 e. The molecule has 1 amide bonds. The number of phenolic OH excluding ortho intramolecular Hbond substituents is 1. The molecule has 0 radical (unpaired) electrons. The molecular weight excluding hydrogens is 144 g/mol. The van der Waals surface area contributed by atoms with E-state index in [1.54, 1.807) is 0 Å². The third-order valence-electron chi connectivity index (χ3n) is 1.21. The fourth-order valence-electron chi connectivity index (χ4n) is 0.662. The fraction of sp³-hybridized carbons (Fsp3) is 0. The molecule has 11 heavy (non-hydrogen) atoms. The summed E-state index contributed by atoms with van der Waals surface area (Å²) in [6.45, 7) is 0. The number of hydrogen-bond acceptors (Lipinski definition) is 2. The monoisotopic (exact) mass is 149 g/mol. The highest BCUT2D eigenvalue weighted by atomic mass is 16.3. The van der Waals surface area contributed by atoms with Crippen LogP contribution in [-0.4, -0.2) is 11.0 Å². The first kappa shape index (κ1) is 7.40. The molecule has 0 aliphatic heterocycles. The Morgan fingerprint density at radius 1 is 1.36 bits per heavy atom. The molecule has 0 aliphatic carbocycles. The molecule has 56 valence electrons. The molecule has 0 atom stereocenters. The Balaban J connectivity index is 2.98. The fourth-order valence-corrected chi connectivity index (χ4v) is 0.662. The van der Waals surface area contributed by atoms with Crippen LogP contribution in [0.4, 0.5) is 0 Å². The number of carbonyl (C=O) groups is 1. The van der Waals surface area contributed by atoms with Crippen molar-refractivity contribution in [2.45, 2.75) is 0 Å². The molecule has 0 fully saturated rings. The first-order valence-electron chi connectivity index (χ1n) is 2.92. The van der Waals surface area contributed by atoms with Crippen molar-refractivity contribution in [1.82, 2.24) is 0 Å². The van der Waals surface area contributed by atoms with Gasteiger partial charge < -0.3 is 15.8 Å². The van der Waals surface area contributed by atoms with Gasteiger partial charge in [0.25, 0.3) is 5.91 Å². The van der Waals surface area contributed by atoms with Gasteiger partial charge in [-0.05, 0) is 24.3 Å². The lowest BCUT2D eigenvalue weighted by Gasteiger charge is -1.96. The van der Waals surface area contributed by atoms with Crippen LogP contribution < -0.4 is 0 Å². The lowest BCUT2D eigenvalue weighted by molar-refractivity contribution is 0.100. The molecule has 0 aliphatic rings. The minimum absolute atomic E-state index is 0.0690. The van der Waals surface area contributed by atoms with Crippen LogP contribution in [0.1, 0.15) is 10.4 Å². The average Bonchev–Trinajstić information content (AvgIpc) is 2.05. The third-order valence-corrected chi connectivity index (χ3v) is 1.21. The van der Waals surface area contributed by atoms with Crippen LogP contribution in [0, 0.1) is 0 Å². The summed E-state index contributed by atoms with van der Waals surface area (Å²) in [7, 11) is 0. The summed E-state index contributed by atoms with van der Waals surface area (Å²) >= 11 is 0. The molecule has 0 saturated carbocycles. The molecule has 0 heterocycles. The van der Waals surface area contributed by atoms with Crippen molar-refractivity contribution >= 4 is 5.91 Å². The van der Waals surface area contributed by atoms with Crippen molar-refractivity contribution in [3.63, 3.8) is 0 Å². The Morgan fingerprint density at radius 2 is 1.91 bits per heavy atom. The number of aromatic hydroxyl groups is 1. The van der Waals surface area contributed by atoms with Gasteiger partial charge in [0, 0.05) is 5.56 Å². The van der Waals surface area contributed by atoms with Crippen LogP contribution in [-0.2, 0) is 0 Å². The van der Waals surface area contributed by atoms with Gasteiger partial charge in [0.05, 0.1) is 0 Å². The quantitative estimate of drug-likeness (QED) is 0.615. The molecule has 0 spiro atoms. The highest BCUT2D eigenvalue weighted by Gasteiger charge is 1.98. The van der Waals surface area contributed by atoms with Crippen LogP contribution in [0.25, 0.3) is 5.53 Å². The van der Waals surface area contributed by atoms with Crippen LogP contribution in [0.5, 0.6) is 5.75 Å². The predicted molar refractivity (Wildman–Crippen MR) is 38.2 cm³/mol. The van der Waals surface area contributed by atoms with Crippen LogP contribution >= 0.6 is 0 Å². The summed E-state index contributed by atoms with van der Waals surface area (Å²) in [5.41, 5.74) is 8.31. The first-order valence-corrected chi connectivity index (χ1v) is 2.92. The maximum Gasteiger partial charge on any atom is 0.256 e. The Bertz CT molecular complexity index is 279. The van der Waals surface area contributed by atoms with Gasteiger partial charge in [0.2, 0.25) is 0 Å². The standard InChI is InChI=1S/C7H5N2O2/c8-9-7(11)5-1-3-6(10)4-2-5/h1-4,10H/q-1. The van der Waals surface area contributed by atoms with E-state index in [1.807, 2.05) is 0 Å². The van der Waals surface area contributed by atoms with Gasteiger partial charge >= 0.3 is 0 Å². The number of hydrogen-bond donors (Lipinski definition) is 1. The van der Waals surface area contributed by atoms with Crippen molar-refractivity contribution < 1.29 is 9.90 Å². The summed E-state index contributed by atoms with van der Waals surface area (Å²) in [5, 5.41) is 11.3. The minimum Gasteiger partial charge on any atom is -0.704 e. The number of benzene rings is 1. The van der Waals surface area contributed by atoms with Crippen molar-refractivity contribution in [2.75, 3.05) is 0 Å². The van der Waals surface area contributed by atoms with E-state index in [0.29, 0.717) is 0 Å². The minimum atomic E-state index is -0.718. The molecule has 0 bridgehead atoms. The van der Waals surface area contributed by atoms with E-state index in [2.05, 4.69) is 5.11 Å². The summed E-state index contributed by atoms with van der Waals surface area (Å²) < 4.78 is 0. The summed E-state index contributed by atoms with van der Waals surface area (Å²) in [5.74, 6) is -0.649.